The number of nitrogens with zero attached hydrogens (tertiary/aromatic N) is 3. The third-order valence-corrected chi connectivity index (χ3v) is 13.4. The standard InChI is InChI=1S/C52H35N3Se/c1-5-18-37(19-6-1)53(38-20-7-2-8-21-38)42-34-49(51-46-31-29-36-17-13-14-26-43(36)52(46)56-50(51)35-42)54(39-22-9-3-10-23-39)41-30-32-45-44-27-15-16-28-47(44)55(48(45)33-41)40-24-11-4-12-25-40/h1-35H. The van der Waals surface area contributed by atoms with Gasteiger partial charge in [0.2, 0.25) is 0 Å². The second kappa shape index (κ2) is 13.5. The van der Waals surface area contributed by atoms with Gasteiger partial charge < -0.3 is 0 Å². The summed E-state index contributed by atoms with van der Waals surface area (Å²) in [6, 6.07) is 77.3. The Morgan fingerprint density at radius 3 is 1.61 bits per heavy atom. The number of hydrogen-bond donors (Lipinski definition) is 0. The Morgan fingerprint density at radius 1 is 0.357 bits per heavy atom. The zero-order valence-electron chi connectivity index (χ0n) is 30.5. The van der Waals surface area contributed by atoms with E-state index in [2.05, 4.69) is 227 Å². The summed E-state index contributed by atoms with van der Waals surface area (Å²) < 4.78 is 5.24. The summed E-state index contributed by atoms with van der Waals surface area (Å²) in [5.74, 6) is 0. The van der Waals surface area contributed by atoms with E-state index >= 15 is 0 Å². The van der Waals surface area contributed by atoms with Gasteiger partial charge in [-0.25, -0.2) is 0 Å². The molecule has 0 saturated heterocycles. The summed E-state index contributed by atoms with van der Waals surface area (Å²) >= 11 is 0.0847. The zero-order valence-corrected chi connectivity index (χ0v) is 32.2. The molecule has 0 unspecified atom stereocenters. The number of rotatable bonds is 7. The van der Waals surface area contributed by atoms with Gasteiger partial charge in [-0.2, -0.15) is 0 Å². The molecular weight excluding hydrogens is 746 g/mol. The van der Waals surface area contributed by atoms with Crippen molar-refractivity contribution in [1.82, 2.24) is 4.57 Å². The predicted octanol–water partition coefficient (Wildman–Crippen LogP) is 14.2. The Kier molecular flexibility index (Phi) is 7.84. The molecule has 0 spiro atoms. The van der Waals surface area contributed by atoms with Gasteiger partial charge in [0.1, 0.15) is 0 Å². The van der Waals surface area contributed by atoms with Crippen LogP contribution in [0.5, 0.6) is 0 Å². The van der Waals surface area contributed by atoms with Gasteiger partial charge in [0, 0.05) is 0 Å². The minimum absolute atomic E-state index is 0.0847. The van der Waals surface area contributed by atoms with Crippen molar-refractivity contribution in [3.63, 3.8) is 0 Å². The first-order valence-corrected chi connectivity index (χ1v) is 20.7. The van der Waals surface area contributed by atoms with Crippen LogP contribution >= 0.6 is 0 Å². The molecule has 0 aliphatic rings. The summed E-state index contributed by atoms with van der Waals surface area (Å²) in [7, 11) is 0. The average molecular weight is 781 g/mol. The first-order valence-electron chi connectivity index (χ1n) is 19.0. The van der Waals surface area contributed by atoms with Crippen molar-refractivity contribution >= 4 is 100 Å². The van der Waals surface area contributed by atoms with Gasteiger partial charge in [-0.15, -0.1) is 0 Å². The van der Waals surface area contributed by atoms with Crippen LogP contribution in [-0.4, -0.2) is 19.1 Å². The van der Waals surface area contributed by atoms with Crippen molar-refractivity contribution < 1.29 is 0 Å². The van der Waals surface area contributed by atoms with E-state index < -0.39 is 0 Å². The number of para-hydroxylation sites is 5. The van der Waals surface area contributed by atoms with Crippen LogP contribution in [0.4, 0.5) is 34.1 Å². The molecule has 0 bridgehead atoms. The predicted molar refractivity (Wildman–Crippen MR) is 240 cm³/mol. The van der Waals surface area contributed by atoms with Gasteiger partial charge in [-0.1, -0.05) is 0 Å². The van der Waals surface area contributed by atoms with E-state index in [1.807, 2.05) is 0 Å². The van der Waals surface area contributed by atoms with Crippen molar-refractivity contribution in [1.29, 1.82) is 0 Å². The van der Waals surface area contributed by atoms with E-state index in [-0.39, 0.29) is 14.5 Å². The molecule has 56 heavy (non-hydrogen) atoms. The summed E-state index contributed by atoms with van der Waals surface area (Å²) in [5, 5.41) is 7.75. The summed E-state index contributed by atoms with van der Waals surface area (Å²) in [5.41, 5.74) is 10.3. The van der Waals surface area contributed by atoms with Crippen molar-refractivity contribution in [2.45, 2.75) is 0 Å². The average Bonchev–Trinajstić information content (AvgIpc) is 3.81. The maximum absolute atomic E-state index is 2.49. The first-order chi connectivity index (χ1) is 27.8. The molecule has 9 aromatic carbocycles. The maximum atomic E-state index is 2.49. The fourth-order valence-electron chi connectivity index (χ4n) is 8.46. The van der Waals surface area contributed by atoms with Crippen LogP contribution in [-0.2, 0) is 0 Å². The van der Waals surface area contributed by atoms with Gasteiger partial charge in [-0.3, -0.25) is 0 Å². The van der Waals surface area contributed by atoms with Crippen LogP contribution < -0.4 is 9.80 Å². The number of hydrogen-bond acceptors (Lipinski definition) is 2. The molecule has 3 nitrogen and oxygen atoms in total. The molecular formula is C52H35N3Se. The molecule has 0 saturated carbocycles. The van der Waals surface area contributed by atoms with Crippen LogP contribution in [0, 0.1) is 0 Å². The molecule has 0 aliphatic heterocycles. The molecule has 0 N–H and O–H groups in total. The van der Waals surface area contributed by atoms with Crippen LogP contribution in [0.1, 0.15) is 0 Å². The Balaban J connectivity index is 1.25. The summed E-state index contributed by atoms with van der Waals surface area (Å²) in [6.45, 7) is 0. The van der Waals surface area contributed by atoms with E-state index in [1.165, 1.54) is 51.9 Å². The van der Waals surface area contributed by atoms with E-state index in [4.69, 9.17) is 0 Å². The zero-order chi connectivity index (χ0) is 37.0. The molecule has 2 heterocycles. The summed E-state index contributed by atoms with van der Waals surface area (Å²) in [4.78, 5) is 4.89. The molecule has 2 aromatic heterocycles. The number of anilines is 6. The molecule has 264 valence electrons. The van der Waals surface area contributed by atoms with E-state index in [0.29, 0.717) is 0 Å². The van der Waals surface area contributed by atoms with E-state index in [9.17, 15) is 0 Å². The van der Waals surface area contributed by atoms with Crippen LogP contribution in [0.25, 0.3) is 57.6 Å². The summed E-state index contributed by atoms with van der Waals surface area (Å²) in [6.07, 6.45) is 0. The van der Waals surface area contributed by atoms with Crippen molar-refractivity contribution in [3.05, 3.63) is 212 Å². The Hall–Kier alpha value is -6.84. The first kappa shape index (κ1) is 32.6. The van der Waals surface area contributed by atoms with Gasteiger partial charge in [-0.05, 0) is 0 Å². The monoisotopic (exact) mass is 781 g/mol. The number of benzene rings is 9. The third-order valence-electron chi connectivity index (χ3n) is 10.9. The molecule has 0 amide bonds. The van der Waals surface area contributed by atoms with Crippen LogP contribution in [0.3, 0.4) is 0 Å². The third kappa shape index (κ3) is 5.34. The molecule has 0 fully saturated rings. The second-order valence-corrected chi connectivity index (χ2v) is 16.4. The normalized spacial score (nSPS) is 11.6. The van der Waals surface area contributed by atoms with Crippen LogP contribution in [0.2, 0.25) is 0 Å². The molecule has 0 aliphatic carbocycles. The molecule has 11 rings (SSSR count). The molecule has 0 radical (unpaired) electrons. The van der Waals surface area contributed by atoms with Crippen LogP contribution in [0.15, 0.2) is 212 Å². The topological polar surface area (TPSA) is 11.4 Å². The quantitative estimate of drug-likeness (QED) is 0.149. The number of fused-ring (bicyclic) bond motifs is 8. The van der Waals surface area contributed by atoms with E-state index in [1.54, 1.807) is 0 Å². The SMILES string of the molecule is c1ccc(N(c2ccccc2)c2cc(N(c3ccccc3)c3ccc4c5ccccc5n(-c5ccccc5)c4c3)c3c(c2)[se]c2c4ccccc4ccc23)cc1. The van der Waals surface area contributed by atoms with Crippen molar-refractivity contribution in [2.75, 3.05) is 9.80 Å². The number of aromatic nitrogens is 1. The van der Waals surface area contributed by atoms with Crippen molar-refractivity contribution in [3.8, 4) is 5.69 Å². The molecule has 0 atom stereocenters. The fraction of sp³-hybridized carbons (Fsp3) is 0. The van der Waals surface area contributed by atoms with Gasteiger partial charge in [0.05, 0.1) is 0 Å². The molecule has 11 aromatic rings. The minimum atomic E-state index is 0.0847. The van der Waals surface area contributed by atoms with Crippen molar-refractivity contribution in [2.24, 2.45) is 0 Å². The van der Waals surface area contributed by atoms with E-state index in [0.717, 1.165) is 39.8 Å². The Bertz CT molecular complexity index is 3150. The van der Waals surface area contributed by atoms with Gasteiger partial charge >= 0.3 is 333 Å². The molecule has 4 heteroatoms. The Labute approximate surface area is 331 Å². The fourth-order valence-corrected chi connectivity index (χ4v) is 11.2. The Morgan fingerprint density at radius 2 is 0.911 bits per heavy atom. The van der Waals surface area contributed by atoms with Gasteiger partial charge in [0.25, 0.3) is 0 Å². The second-order valence-electron chi connectivity index (χ2n) is 14.2. The van der Waals surface area contributed by atoms with Gasteiger partial charge in [0.15, 0.2) is 0 Å².